The van der Waals surface area contributed by atoms with Crippen molar-refractivity contribution in [1.82, 2.24) is 5.32 Å². The van der Waals surface area contributed by atoms with Crippen molar-refractivity contribution in [3.63, 3.8) is 0 Å². The van der Waals surface area contributed by atoms with Gasteiger partial charge in [-0.25, -0.2) is 0 Å². The number of carbonyl (C=O) groups is 2. The highest BCUT2D eigenvalue weighted by atomic mass is 32.1. The highest BCUT2D eigenvalue weighted by Crippen LogP contribution is 2.05. The Labute approximate surface area is 83.4 Å². The van der Waals surface area contributed by atoms with E-state index >= 15 is 0 Å². The second kappa shape index (κ2) is 6.91. The quantitative estimate of drug-likeness (QED) is 0.480. The molecule has 0 aromatic rings. The van der Waals surface area contributed by atoms with E-state index in [1.54, 1.807) is 0 Å². The molecule has 1 atom stereocenters. The summed E-state index contributed by atoms with van der Waals surface area (Å²) in [6, 6.07) is -0.0324. The molecule has 0 aromatic carbocycles. The number of nitrogens with one attached hydrogen (secondary N) is 1. The zero-order valence-corrected chi connectivity index (χ0v) is 8.77. The van der Waals surface area contributed by atoms with Gasteiger partial charge in [-0.3, -0.25) is 9.59 Å². The average molecular weight is 205 g/mol. The summed E-state index contributed by atoms with van der Waals surface area (Å²) in [4.78, 5) is 20.0. The molecule has 0 bridgehead atoms. The van der Waals surface area contributed by atoms with Crippen molar-refractivity contribution in [2.75, 3.05) is 13.7 Å². The summed E-state index contributed by atoms with van der Waals surface area (Å²) in [7, 11) is 1.42. The number of hydrogen-bond acceptors (Lipinski definition) is 4. The highest BCUT2D eigenvalue weighted by molar-refractivity contribution is 7.96. The van der Waals surface area contributed by atoms with E-state index in [2.05, 4.69) is 22.7 Å². The molecule has 1 saturated heterocycles. The zero-order valence-electron chi connectivity index (χ0n) is 7.87. The molecule has 0 amide bonds. The van der Waals surface area contributed by atoms with Gasteiger partial charge in [-0.2, -0.15) is 0 Å². The third-order valence-electron chi connectivity index (χ3n) is 1.55. The van der Waals surface area contributed by atoms with Crippen LogP contribution in [-0.4, -0.2) is 30.8 Å². The minimum Gasteiger partial charge on any atom is -0.468 e. The Balaban J connectivity index is 0.000000310. The lowest BCUT2D eigenvalue weighted by atomic mass is 10.2. The van der Waals surface area contributed by atoms with Crippen LogP contribution in [0.15, 0.2) is 0 Å². The Morgan fingerprint density at radius 3 is 2.38 bits per heavy atom. The van der Waals surface area contributed by atoms with Crippen LogP contribution in [0.3, 0.4) is 0 Å². The van der Waals surface area contributed by atoms with E-state index in [1.807, 2.05) is 0 Å². The Morgan fingerprint density at radius 1 is 1.54 bits per heavy atom. The fourth-order valence-electron chi connectivity index (χ4n) is 1.03. The van der Waals surface area contributed by atoms with Gasteiger partial charge in [0.15, 0.2) is 5.12 Å². The van der Waals surface area contributed by atoms with Gasteiger partial charge in [0.25, 0.3) is 0 Å². The van der Waals surface area contributed by atoms with Crippen LogP contribution in [0.5, 0.6) is 0 Å². The molecule has 1 aliphatic rings. The normalized spacial score (nSPS) is 20.1. The molecule has 1 rings (SSSR count). The summed E-state index contributed by atoms with van der Waals surface area (Å²) in [5.41, 5.74) is 0. The van der Waals surface area contributed by atoms with Crippen LogP contribution >= 0.6 is 12.6 Å². The van der Waals surface area contributed by atoms with Crippen LogP contribution < -0.4 is 5.32 Å². The summed E-state index contributed by atoms with van der Waals surface area (Å²) >= 11 is 3.33. The van der Waals surface area contributed by atoms with Gasteiger partial charge < -0.3 is 10.1 Å². The van der Waals surface area contributed by atoms with E-state index in [9.17, 15) is 9.59 Å². The van der Waals surface area contributed by atoms with Gasteiger partial charge in [0.1, 0.15) is 6.04 Å². The van der Waals surface area contributed by atoms with E-state index in [1.165, 1.54) is 14.0 Å². The highest BCUT2D eigenvalue weighted by Gasteiger charge is 2.21. The summed E-state index contributed by atoms with van der Waals surface area (Å²) in [5.74, 6) is -0.132. The zero-order chi connectivity index (χ0) is 10.3. The third-order valence-corrected chi connectivity index (χ3v) is 1.55. The smallest absolute Gasteiger partial charge is 0.322 e. The van der Waals surface area contributed by atoms with Crippen molar-refractivity contribution in [1.29, 1.82) is 0 Å². The first kappa shape index (κ1) is 12.4. The minimum atomic E-state index is -0.139. The van der Waals surface area contributed by atoms with E-state index < -0.39 is 0 Å². The monoisotopic (exact) mass is 205 g/mol. The molecule has 1 N–H and O–H groups in total. The van der Waals surface area contributed by atoms with Crippen LogP contribution in [0.1, 0.15) is 19.8 Å². The van der Waals surface area contributed by atoms with Gasteiger partial charge in [0.2, 0.25) is 0 Å². The number of esters is 1. The third kappa shape index (κ3) is 6.60. The van der Waals surface area contributed by atoms with Gasteiger partial charge in [0.05, 0.1) is 7.11 Å². The lowest BCUT2D eigenvalue weighted by Crippen LogP contribution is -2.31. The number of thiol groups is 1. The number of carbonyl (C=O) groups excluding carboxylic acids is 2. The van der Waals surface area contributed by atoms with E-state index in [0.29, 0.717) is 0 Å². The molecule has 0 aromatic heterocycles. The maximum Gasteiger partial charge on any atom is 0.322 e. The molecule has 0 radical (unpaired) electrons. The topological polar surface area (TPSA) is 55.4 Å². The molecule has 4 nitrogen and oxygen atoms in total. The Morgan fingerprint density at radius 2 is 2.08 bits per heavy atom. The summed E-state index contributed by atoms with van der Waals surface area (Å²) in [6.07, 6.45) is 2.01. The Bertz CT molecular complexity index is 174. The fraction of sp³-hybridized carbons (Fsp3) is 0.750. The molecule has 0 aliphatic carbocycles. The lowest BCUT2D eigenvalue weighted by Gasteiger charge is -2.04. The summed E-state index contributed by atoms with van der Waals surface area (Å²) < 4.78 is 4.53. The van der Waals surface area contributed by atoms with Crippen molar-refractivity contribution in [3.8, 4) is 0 Å². The van der Waals surface area contributed by atoms with Crippen LogP contribution in [0.2, 0.25) is 0 Å². The molecular weight excluding hydrogens is 190 g/mol. The van der Waals surface area contributed by atoms with Gasteiger partial charge in [-0.1, -0.05) is 0 Å². The number of methoxy groups -OCH3 is 1. The van der Waals surface area contributed by atoms with Crippen molar-refractivity contribution in [2.45, 2.75) is 25.8 Å². The van der Waals surface area contributed by atoms with Crippen LogP contribution in [-0.2, 0) is 14.3 Å². The van der Waals surface area contributed by atoms with E-state index in [4.69, 9.17) is 0 Å². The molecule has 0 spiro atoms. The summed E-state index contributed by atoms with van der Waals surface area (Å²) in [6.45, 7) is 2.34. The van der Waals surface area contributed by atoms with Crippen molar-refractivity contribution < 1.29 is 14.3 Å². The van der Waals surface area contributed by atoms with Gasteiger partial charge in [0, 0.05) is 6.92 Å². The Hall–Kier alpha value is -0.550. The first-order valence-electron chi connectivity index (χ1n) is 4.08. The van der Waals surface area contributed by atoms with Crippen molar-refractivity contribution >= 4 is 23.7 Å². The van der Waals surface area contributed by atoms with E-state index in [-0.39, 0.29) is 17.1 Å². The largest absolute Gasteiger partial charge is 0.468 e. The first-order chi connectivity index (χ1) is 6.07. The summed E-state index contributed by atoms with van der Waals surface area (Å²) in [5, 5.41) is 2.89. The molecule has 13 heavy (non-hydrogen) atoms. The maximum absolute atomic E-state index is 10.7. The number of ether oxygens (including phenoxy) is 1. The van der Waals surface area contributed by atoms with E-state index in [0.717, 1.165) is 19.4 Å². The molecule has 0 saturated carbocycles. The van der Waals surface area contributed by atoms with Crippen LogP contribution in [0.25, 0.3) is 0 Å². The predicted molar refractivity (Wildman–Crippen MR) is 52.7 cm³/mol. The number of hydrogen-bond donors (Lipinski definition) is 2. The molecular formula is C8H15NO3S. The maximum atomic E-state index is 10.7. The minimum absolute atomic E-state index is 0.0324. The number of rotatable bonds is 1. The molecule has 5 heteroatoms. The Kier molecular flexibility index (Phi) is 6.62. The molecule has 1 unspecified atom stereocenters. The fourth-order valence-corrected chi connectivity index (χ4v) is 1.03. The van der Waals surface area contributed by atoms with Gasteiger partial charge in [-0.15, -0.1) is 12.6 Å². The van der Waals surface area contributed by atoms with Crippen molar-refractivity contribution in [3.05, 3.63) is 0 Å². The first-order valence-corrected chi connectivity index (χ1v) is 4.53. The molecule has 1 fully saturated rings. The second-order valence-corrected chi connectivity index (χ2v) is 3.32. The van der Waals surface area contributed by atoms with Gasteiger partial charge >= 0.3 is 5.97 Å². The standard InChI is InChI=1S/C6H11NO2.C2H4OS/c1-9-6(8)5-3-2-4-7-5;1-2(3)4/h5,7H,2-4H2,1H3;1H3,(H,3,4). The SMILES string of the molecule is CC(=O)S.COC(=O)C1CCCN1. The average Bonchev–Trinajstić information content (AvgIpc) is 2.54. The second-order valence-electron chi connectivity index (χ2n) is 2.69. The molecule has 1 heterocycles. The lowest BCUT2D eigenvalue weighted by molar-refractivity contribution is -0.142. The predicted octanol–water partition coefficient (Wildman–Crippen LogP) is 0.374. The molecule has 76 valence electrons. The molecule has 1 aliphatic heterocycles. The van der Waals surface area contributed by atoms with Crippen LogP contribution in [0, 0.1) is 0 Å². The van der Waals surface area contributed by atoms with Crippen LogP contribution in [0.4, 0.5) is 0 Å². The van der Waals surface area contributed by atoms with Crippen molar-refractivity contribution in [2.24, 2.45) is 0 Å². The van der Waals surface area contributed by atoms with Gasteiger partial charge in [-0.05, 0) is 19.4 Å².